The van der Waals surface area contributed by atoms with Crippen molar-refractivity contribution in [2.75, 3.05) is 26.2 Å². The van der Waals surface area contributed by atoms with E-state index in [1.807, 2.05) is 4.90 Å². The quantitative estimate of drug-likeness (QED) is 0.831. The minimum absolute atomic E-state index is 0.336. The van der Waals surface area contributed by atoms with Gasteiger partial charge in [0.1, 0.15) is 0 Å². The highest BCUT2D eigenvalue weighted by molar-refractivity contribution is 5.76. The molecule has 0 aromatic heterocycles. The number of rotatable bonds is 5. The van der Waals surface area contributed by atoms with Crippen molar-refractivity contribution in [2.45, 2.75) is 46.6 Å². The average molecular weight is 288 g/mol. The molecule has 0 spiro atoms. The number of piperazine rings is 1. The maximum Gasteiger partial charge on any atom is 0.222 e. The number of hydrogen-bond donors (Lipinski definition) is 0. The van der Waals surface area contributed by atoms with Crippen LogP contribution in [0.1, 0.15) is 42.9 Å². The van der Waals surface area contributed by atoms with E-state index in [0.717, 1.165) is 45.6 Å². The zero-order valence-electron chi connectivity index (χ0n) is 13.7. The third-order valence-electron chi connectivity index (χ3n) is 4.37. The Hall–Kier alpha value is -1.35. The lowest BCUT2D eigenvalue weighted by molar-refractivity contribution is -0.133. The predicted molar refractivity (Wildman–Crippen MR) is 87.3 cm³/mol. The maximum absolute atomic E-state index is 12.0. The van der Waals surface area contributed by atoms with Gasteiger partial charge in [-0.2, -0.15) is 0 Å². The zero-order valence-corrected chi connectivity index (χ0v) is 13.7. The van der Waals surface area contributed by atoms with Crippen LogP contribution < -0.4 is 0 Å². The minimum Gasteiger partial charge on any atom is -0.340 e. The lowest BCUT2D eigenvalue weighted by Crippen LogP contribution is -2.48. The summed E-state index contributed by atoms with van der Waals surface area (Å²) in [5.41, 5.74) is 4.10. The SMILES string of the molecule is CCCCC(=O)N1CCN(Cc2cc(C)ccc2C)CC1. The molecule has 1 aliphatic heterocycles. The molecule has 3 nitrogen and oxygen atoms in total. The van der Waals surface area contributed by atoms with Gasteiger partial charge >= 0.3 is 0 Å². The minimum atomic E-state index is 0.336. The molecule has 0 bridgehead atoms. The molecule has 21 heavy (non-hydrogen) atoms. The van der Waals surface area contributed by atoms with E-state index in [1.54, 1.807) is 0 Å². The van der Waals surface area contributed by atoms with Crippen LogP contribution in [0, 0.1) is 13.8 Å². The van der Waals surface area contributed by atoms with Crippen LogP contribution in [0.25, 0.3) is 0 Å². The maximum atomic E-state index is 12.0. The summed E-state index contributed by atoms with van der Waals surface area (Å²) in [7, 11) is 0. The van der Waals surface area contributed by atoms with Crippen molar-refractivity contribution in [2.24, 2.45) is 0 Å². The number of amides is 1. The predicted octanol–water partition coefficient (Wildman–Crippen LogP) is 3.14. The fourth-order valence-electron chi connectivity index (χ4n) is 2.85. The Bertz CT molecular complexity index is 476. The van der Waals surface area contributed by atoms with Gasteiger partial charge in [0, 0.05) is 39.1 Å². The van der Waals surface area contributed by atoms with E-state index in [-0.39, 0.29) is 0 Å². The van der Waals surface area contributed by atoms with Crippen LogP contribution >= 0.6 is 0 Å². The van der Waals surface area contributed by atoms with Crippen molar-refractivity contribution < 1.29 is 4.79 Å². The Balaban J connectivity index is 1.84. The molecule has 0 saturated carbocycles. The van der Waals surface area contributed by atoms with Gasteiger partial charge in [-0.15, -0.1) is 0 Å². The molecule has 1 fully saturated rings. The van der Waals surface area contributed by atoms with Gasteiger partial charge in [-0.1, -0.05) is 37.1 Å². The Morgan fingerprint density at radius 2 is 1.86 bits per heavy atom. The summed E-state index contributed by atoms with van der Waals surface area (Å²) in [6.07, 6.45) is 2.83. The molecular weight excluding hydrogens is 260 g/mol. The van der Waals surface area contributed by atoms with Crippen LogP contribution in [0.5, 0.6) is 0 Å². The van der Waals surface area contributed by atoms with Gasteiger partial charge in [0.15, 0.2) is 0 Å². The number of carbonyl (C=O) groups is 1. The molecule has 0 N–H and O–H groups in total. The van der Waals surface area contributed by atoms with E-state index in [9.17, 15) is 4.79 Å². The number of nitrogens with zero attached hydrogens (tertiary/aromatic N) is 2. The third-order valence-corrected chi connectivity index (χ3v) is 4.37. The number of carbonyl (C=O) groups excluding carboxylic acids is 1. The van der Waals surface area contributed by atoms with Crippen LogP contribution in [0.2, 0.25) is 0 Å². The molecule has 1 aromatic rings. The van der Waals surface area contributed by atoms with Crippen LogP contribution in [0.15, 0.2) is 18.2 Å². The molecule has 0 unspecified atom stereocenters. The second-order valence-electron chi connectivity index (χ2n) is 6.19. The van der Waals surface area contributed by atoms with E-state index >= 15 is 0 Å². The summed E-state index contributed by atoms with van der Waals surface area (Å²) < 4.78 is 0. The Morgan fingerprint density at radius 3 is 2.52 bits per heavy atom. The van der Waals surface area contributed by atoms with Crippen molar-refractivity contribution in [3.8, 4) is 0 Å². The smallest absolute Gasteiger partial charge is 0.222 e. The lowest BCUT2D eigenvalue weighted by atomic mass is 10.0. The summed E-state index contributed by atoms with van der Waals surface area (Å²) in [5.74, 6) is 0.336. The second kappa shape index (κ2) is 7.60. The first kappa shape index (κ1) is 16.0. The summed E-state index contributed by atoms with van der Waals surface area (Å²) >= 11 is 0. The standard InChI is InChI=1S/C18H28N2O/c1-4-5-6-18(21)20-11-9-19(10-12-20)14-17-13-15(2)7-8-16(17)3/h7-8,13H,4-6,9-12,14H2,1-3H3. The van der Waals surface area contributed by atoms with Gasteiger partial charge in [-0.25, -0.2) is 0 Å². The molecular formula is C18H28N2O. The zero-order chi connectivity index (χ0) is 15.2. The van der Waals surface area contributed by atoms with Crippen molar-refractivity contribution >= 4 is 5.91 Å². The molecule has 1 aromatic carbocycles. The summed E-state index contributed by atoms with van der Waals surface area (Å²) in [4.78, 5) is 16.5. The fraction of sp³-hybridized carbons (Fsp3) is 0.611. The molecule has 1 aliphatic rings. The summed E-state index contributed by atoms with van der Waals surface area (Å²) in [6.45, 7) is 11.2. The summed E-state index contributed by atoms with van der Waals surface area (Å²) in [5, 5.41) is 0. The Kier molecular flexibility index (Phi) is 5.80. The molecule has 0 aliphatic carbocycles. The lowest BCUT2D eigenvalue weighted by Gasteiger charge is -2.35. The molecule has 1 amide bonds. The molecule has 1 saturated heterocycles. The Labute approximate surface area is 128 Å². The summed E-state index contributed by atoms with van der Waals surface area (Å²) in [6, 6.07) is 6.66. The van der Waals surface area contributed by atoms with Crippen LogP contribution in [-0.2, 0) is 11.3 Å². The molecule has 3 heteroatoms. The Morgan fingerprint density at radius 1 is 1.14 bits per heavy atom. The number of aryl methyl sites for hydroxylation is 2. The molecule has 1 heterocycles. The molecule has 0 atom stereocenters. The van der Waals surface area contributed by atoms with Gasteiger partial charge in [0.2, 0.25) is 5.91 Å². The van der Waals surface area contributed by atoms with Crippen molar-refractivity contribution in [3.63, 3.8) is 0 Å². The van der Waals surface area contributed by atoms with Crippen molar-refractivity contribution in [3.05, 3.63) is 34.9 Å². The van der Waals surface area contributed by atoms with Crippen LogP contribution in [0.3, 0.4) is 0 Å². The first-order chi connectivity index (χ1) is 10.1. The van der Waals surface area contributed by atoms with E-state index in [0.29, 0.717) is 12.3 Å². The van der Waals surface area contributed by atoms with Crippen molar-refractivity contribution in [1.29, 1.82) is 0 Å². The third kappa shape index (κ3) is 4.57. The molecule has 0 radical (unpaired) electrons. The average Bonchev–Trinajstić information content (AvgIpc) is 2.49. The molecule has 2 rings (SSSR count). The monoisotopic (exact) mass is 288 g/mol. The number of unbranched alkanes of at least 4 members (excludes halogenated alkanes) is 1. The van der Waals surface area contributed by atoms with Crippen molar-refractivity contribution in [1.82, 2.24) is 9.80 Å². The van der Waals surface area contributed by atoms with E-state index in [1.165, 1.54) is 16.7 Å². The molecule has 116 valence electrons. The fourth-order valence-corrected chi connectivity index (χ4v) is 2.85. The number of hydrogen-bond acceptors (Lipinski definition) is 2. The van der Waals surface area contributed by atoms with Gasteiger partial charge in [0.25, 0.3) is 0 Å². The van der Waals surface area contributed by atoms with Crippen LogP contribution in [0.4, 0.5) is 0 Å². The van der Waals surface area contributed by atoms with Gasteiger partial charge in [0.05, 0.1) is 0 Å². The normalized spacial score (nSPS) is 16.2. The van der Waals surface area contributed by atoms with Gasteiger partial charge in [-0.05, 0) is 31.4 Å². The first-order valence-corrected chi connectivity index (χ1v) is 8.16. The van der Waals surface area contributed by atoms with Gasteiger partial charge in [-0.3, -0.25) is 9.69 Å². The van der Waals surface area contributed by atoms with E-state index in [2.05, 4.69) is 43.9 Å². The largest absolute Gasteiger partial charge is 0.340 e. The number of benzene rings is 1. The van der Waals surface area contributed by atoms with Crippen LogP contribution in [-0.4, -0.2) is 41.9 Å². The van der Waals surface area contributed by atoms with E-state index in [4.69, 9.17) is 0 Å². The first-order valence-electron chi connectivity index (χ1n) is 8.16. The highest BCUT2D eigenvalue weighted by Crippen LogP contribution is 2.15. The van der Waals surface area contributed by atoms with E-state index < -0.39 is 0 Å². The highest BCUT2D eigenvalue weighted by atomic mass is 16.2. The van der Waals surface area contributed by atoms with Gasteiger partial charge < -0.3 is 4.90 Å². The highest BCUT2D eigenvalue weighted by Gasteiger charge is 2.20. The second-order valence-corrected chi connectivity index (χ2v) is 6.19. The topological polar surface area (TPSA) is 23.6 Å².